The molecule has 0 aliphatic rings. The number of hydrogen-bond donors (Lipinski definition) is 0. The van der Waals surface area contributed by atoms with Crippen LogP contribution in [0.15, 0.2) is 20.4 Å². The molecule has 0 aromatic heterocycles. The van der Waals surface area contributed by atoms with Gasteiger partial charge >= 0.3 is 0 Å². The molecular formula is C5H8Cl6Si3. The van der Waals surface area contributed by atoms with E-state index in [1.807, 2.05) is 11.4 Å². The smallest absolute Gasteiger partial charge is 0.151 e. The van der Waals surface area contributed by atoms with Gasteiger partial charge in [-0.2, -0.15) is 22.2 Å². The molecule has 0 fully saturated rings. The minimum Gasteiger partial charge on any atom is -0.151 e. The molecule has 0 N–H and O–H groups in total. The van der Waals surface area contributed by atoms with Gasteiger partial charge in [0.15, 0.2) is 0 Å². The first-order chi connectivity index (χ1) is 6.43. The minimum atomic E-state index is -1.66. The quantitative estimate of drug-likeness (QED) is 0.519. The molecule has 0 spiro atoms. The number of rotatable bonds is 5. The first-order valence-electron chi connectivity index (χ1n) is 3.74. The normalized spacial score (nSPS) is 14.2. The summed E-state index contributed by atoms with van der Waals surface area (Å²) in [7, 11) is -2.74. The Hall–Kier alpha value is 1.87. The van der Waals surface area contributed by atoms with Crippen molar-refractivity contribution in [3.05, 3.63) is 20.4 Å². The summed E-state index contributed by atoms with van der Waals surface area (Å²) in [6, 6.07) is 0. The molecule has 82 valence electrons. The van der Waals surface area contributed by atoms with Crippen molar-refractivity contribution >= 4 is 95.0 Å². The standard InChI is InChI=1S/C5H8Cl6Si3/c6-3(7)1-12-5(14(10)11)13-2-4(8)9/h1-2,5,14H,12-13H2. The van der Waals surface area contributed by atoms with Gasteiger partial charge in [0.2, 0.25) is 7.42 Å². The van der Waals surface area contributed by atoms with E-state index in [0.29, 0.717) is 13.8 Å². The third kappa shape index (κ3) is 9.12. The molecule has 0 aliphatic heterocycles. The molecule has 0 nitrogen and oxygen atoms in total. The van der Waals surface area contributed by atoms with Crippen LogP contribution in [-0.2, 0) is 0 Å². The van der Waals surface area contributed by atoms with Crippen LogP contribution in [0.3, 0.4) is 0 Å². The molecule has 0 bridgehead atoms. The van der Waals surface area contributed by atoms with Crippen LogP contribution < -0.4 is 0 Å². The van der Waals surface area contributed by atoms with Crippen molar-refractivity contribution in [1.29, 1.82) is 0 Å². The van der Waals surface area contributed by atoms with Gasteiger partial charge in [-0.1, -0.05) is 57.8 Å². The van der Waals surface area contributed by atoms with Gasteiger partial charge in [0.25, 0.3) is 0 Å². The van der Waals surface area contributed by atoms with Gasteiger partial charge in [-0.15, -0.1) is 0 Å². The predicted molar refractivity (Wildman–Crippen MR) is 79.3 cm³/mol. The molecule has 0 aromatic carbocycles. The van der Waals surface area contributed by atoms with Crippen molar-refractivity contribution in [1.82, 2.24) is 0 Å². The maximum absolute atomic E-state index is 5.95. The fourth-order valence-corrected chi connectivity index (χ4v) is 10.7. The lowest BCUT2D eigenvalue weighted by Crippen LogP contribution is -2.19. The maximum Gasteiger partial charge on any atom is 0.234 e. The molecule has 14 heavy (non-hydrogen) atoms. The molecule has 0 radical (unpaired) electrons. The molecule has 0 saturated carbocycles. The Bertz CT molecular complexity index is 200. The molecule has 0 unspecified atom stereocenters. The summed E-state index contributed by atoms with van der Waals surface area (Å²) in [5.74, 6) is 0. The highest BCUT2D eigenvalue weighted by atomic mass is 35.7. The Morgan fingerprint density at radius 1 is 0.929 bits per heavy atom. The van der Waals surface area contributed by atoms with Gasteiger partial charge in [0.1, 0.15) is 0 Å². The zero-order valence-corrected chi connectivity index (χ0v) is 15.5. The zero-order chi connectivity index (χ0) is 11.1. The van der Waals surface area contributed by atoms with E-state index in [9.17, 15) is 0 Å². The van der Waals surface area contributed by atoms with E-state index in [-0.39, 0.29) is 0 Å². The van der Waals surface area contributed by atoms with Crippen molar-refractivity contribution in [3.63, 3.8) is 0 Å². The summed E-state index contributed by atoms with van der Waals surface area (Å²) in [4.78, 5) is 0.415. The Labute approximate surface area is 119 Å². The third-order valence-electron chi connectivity index (χ3n) is 1.51. The fraction of sp³-hybridized carbons (Fsp3) is 0.200. The van der Waals surface area contributed by atoms with E-state index >= 15 is 0 Å². The first kappa shape index (κ1) is 15.9. The van der Waals surface area contributed by atoms with Crippen molar-refractivity contribution in [2.75, 3.05) is 0 Å². The van der Waals surface area contributed by atoms with E-state index in [1.54, 1.807) is 0 Å². The average molecular weight is 365 g/mol. The summed E-state index contributed by atoms with van der Waals surface area (Å²) in [5.41, 5.74) is 3.70. The van der Waals surface area contributed by atoms with Gasteiger partial charge in [0, 0.05) is 19.0 Å². The van der Waals surface area contributed by atoms with Crippen LogP contribution >= 0.6 is 68.6 Å². The summed E-state index contributed by atoms with van der Waals surface area (Å²) in [6.45, 7) is 0. The van der Waals surface area contributed by atoms with Crippen molar-refractivity contribution in [2.45, 2.75) is 4.79 Å². The molecule has 0 saturated heterocycles. The van der Waals surface area contributed by atoms with Gasteiger partial charge in [-0.05, 0) is 4.79 Å². The topological polar surface area (TPSA) is 0 Å². The Morgan fingerprint density at radius 2 is 1.29 bits per heavy atom. The van der Waals surface area contributed by atoms with Crippen LogP contribution in [0.25, 0.3) is 0 Å². The second-order valence-corrected chi connectivity index (χ2v) is 16.6. The van der Waals surface area contributed by atoms with Crippen LogP contribution in [0.4, 0.5) is 0 Å². The van der Waals surface area contributed by atoms with E-state index in [4.69, 9.17) is 68.6 Å². The van der Waals surface area contributed by atoms with Crippen LogP contribution in [-0.4, -0.2) is 26.5 Å². The molecule has 0 rings (SSSR count). The Morgan fingerprint density at radius 3 is 1.50 bits per heavy atom. The number of halogens is 6. The highest BCUT2D eigenvalue weighted by Gasteiger charge is 2.18. The monoisotopic (exact) mass is 362 g/mol. The molecule has 9 heteroatoms. The van der Waals surface area contributed by atoms with E-state index < -0.39 is 26.5 Å². The van der Waals surface area contributed by atoms with Crippen LogP contribution in [0.1, 0.15) is 0 Å². The third-order valence-corrected chi connectivity index (χ3v) is 18.6. The van der Waals surface area contributed by atoms with Gasteiger partial charge < -0.3 is 0 Å². The average Bonchev–Trinajstić information content (AvgIpc) is 2.02. The fourth-order valence-electron chi connectivity index (χ4n) is 0.783. The van der Waals surface area contributed by atoms with Gasteiger partial charge in [-0.25, -0.2) is 0 Å². The summed E-state index contributed by atoms with van der Waals surface area (Å²) in [6.07, 6.45) is 0. The Balaban J connectivity index is 4.17. The Kier molecular flexibility index (Phi) is 10.2. The van der Waals surface area contributed by atoms with Crippen molar-refractivity contribution in [2.24, 2.45) is 0 Å². The van der Waals surface area contributed by atoms with E-state index in [2.05, 4.69) is 0 Å². The van der Waals surface area contributed by atoms with Crippen LogP contribution in [0, 0.1) is 0 Å². The first-order valence-corrected chi connectivity index (χ1v) is 12.7. The summed E-state index contributed by atoms with van der Waals surface area (Å²) < 4.78 is 0.610. The highest BCUT2D eigenvalue weighted by molar-refractivity contribution is 7.38. The van der Waals surface area contributed by atoms with E-state index in [0.717, 1.165) is 0 Å². The molecular weight excluding hydrogens is 357 g/mol. The molecule has 0 aliphatic carbocycles. The van der Waals surface area contributed by atoms with Crippen molar-refractivity contribution < 1.29 is 0 Å². The molecule has 0 aromatic rings. The second kappa shape index (κ2) is 8.96. The van der Waals surface area contributed by atoms with Crippen LogP contribution in [0.2, 0.25) is 4.79 Å². The zero-order valence-electron chi connectivity index (χ0n) is 6.99. The molecule has 0 atom stereocenters. The van der Waals surface area contributed by atoms with Crippen molar-refractivity contribution in [3.8, 4) is 0 Å². The van der Waals surface area contributed by atoms with Crippen LogP contribution in [0.5, 0.6) is 0 Å². The lowest BCUT2D eigenvalue weighted by atomic mass is 11.2. The van der Waals surface area contributed by atoms with E-state index in [1.165, 1.54) is 0 Å². The minimum absolute atomic E-state index is 0.305. The predicted octanol–water partition coefficient (Wildman–Crippen LogP) is 2.86. The largest absolute Gasteiger partial charge is 0.234 e. The lowest BCUT2D eigenvalue weighted by molar-refractivity contribution is 1.78. The summed E-state index contributed by atoms with van der Waals surface area (Å²) in [5, 5.41) is 0. The van der Waals surface area contributed by atoms with Gasteiger partial charge in [0.05, 0.1) is 8.98 Å². The number of hydrogen-bond acceptors (Lipinski definition) is 0. The molecule has 0 amide bonds. The lowest BCUT2D eigenvalue weighted by Gasteiger charge is -2.10. The van der Waals surface area contributed by atoms with Gasteiger partial charge in [-0.3, -0.25) is 0 Å². The SMILES string of the molecule is ClC(Cl)=C[SiH2]C([SiH2]C=C(Cl)Cl)[SiH](Cl)Cl. The molecule has 0 heterocycles. The summed E-state index contributed by atoms with van der Waals surface area (Å²) >= 11 is 34.0. The highest BCUT2D eigenvalue weighted by Crippen LogP contribution is 2.18. The maximum atomic E-state index is 5.95. The second-order valence-electron chi connectivity index (χ2n) is 2.55.